The fourth-order valence-electron chi connectivity index (χ4n) is 8.16. The number of nitrogens with zero attached hydrogens (tertiary/aromatic N) is 3. The molecule has 3 N–H and O–H groups in total. The van der Waals surface area contributed by atoms with E-state index in [1.807, 2.05) is 17.9 Å². The Hall–Kier alpha value is -2.88. The maximum atomic E-state index is 15.5. The molecule has 3 saturated heterocycles. The van der Waals surface area contributed by atoms with Crippen molar-refractivity contribution in [2.75, 3.05) is 38.0 Å². The van der Waals surface area contributed by atoms with E-state index in [1.54, 1.807) is 17.0 Å². The number of para-hydroxylation sites is 1. The number of quaternary nitrogens is 1. The van der Waals surface area contributed by atoms with Crippen LogP contribution in [0.15, 0.2) is 18.2 Å². The average Bonchev–Trinajstić information content (AvgIpc) is 3.43. The number of hydrogen-bond acceptors (Lipinski definition) is 4. The maximum Gasteiger partial charge on any atom is 0.318 e. The van der Waals surface area contributed by atoms with Crippen molar-refractivity contribution in [3.05, 3.63) is 24.0 Å². The predicted octanol–water partition coefficient (Wildman–Crippen LogP) is 5.49. The molecule has 4 aliphatic heterocycles. The van der Waals surface area contributed by atoms with Crippen molar-refractivity contribution < 1.29 is 18.8 Å². The number of nitrogens with one attached hydrogen (secondary N) is 3. The summed E-state index contributed by atoms with van der Waals surface area (Å²) in [5, 5.41) is 9.74. The average molecular weight is 614 g/mol. The minimum absolute atomic E-state index is 0.0679. The summed E-state index contributed by atoms with van der Waals surface area (Å²) < 4.78 is 16.0. The molecule has 10 heteroatoms. The Labute approximate surface area is 262 Å². The van der Waals surface area contributed by atoms with Crippen LogP contribution in [-0.2, 0) is 9.59 Å². The Kier molecular flexibility index (Phi) is 11.0. The van der Waals surface area contributed by atoms with Crippen LogP contribution in [-0.4, -0.2) is 84.7 Å². The van der Waals surface area contributed by atoms with Crippen molar-refractivity contribution in [2.24, 2.45) is 0 Å². The van der Waals surface area contributed by atoms with Gasteiger partial charge in [-0.1, -0.05) is 25.8 Å². The van der Waals surface area contributed by atoms with Gasteiger partial charge >= 0.3 is 6.03 Å². The molecule has 5 rings (SSSR count). The lowest BCUT2D eigenvalue weighted by Gasteiger charge is -2.42. The monoisotopic (exact) mass is 613 g/mol. The number of benzene rings is 1. The number of urea groups is 1. The number of likely N-dealkylation sites (tertiary alicyclic amines) is 2. The summed E-state index contributed by atoms with van der Waals surface area (Å²) in [5.41, 5.74) is 1.48. The second kappa shape index (κ2) is 14.9. The molecule has 9 nitrogen and oxygen atoms in total. The van der Waals surface area contributed by atoms with Crippen LogP contribution < -0.4 is 20.4 Å². The summed E-state index contributed by atoms with van der Waals surface area (Å²) in [4.78, 5) is 44.7. The zero-order valence-electron chi connectivity index (χ0n) is 26.9. The lowest BCUT2D eigenvalue weighted by molar-refractivity contribution is -0.138. The zero-order chi connectivity index (χ0) is 31.1. The standard InChI is InChI=1S/C34H53FN6O3/c1-3-26-16-9-12-21-40(26)30(42)24-29(38-34(44)39-19-10-8-11-20-39)33(43)36-25(2)32-37-28-18-15-17-27(35)31(28)41(32)22-13-6-4-5-7-14-23-41/h15,17-18,25-26,29,32,37H,3-14,16,19-24H2,1-2H3,(H-,36,38,43,44)/p+1/t25-,26-,29-,32?/m0/s1. The molecule has 44 heavy (non-hydrogen) atoms. The summed E-state index contributed by atoms with van der Waals surface area (Å²) in [6.45, 7) is 7.67. The van der Waals surface area contributed by atoms with E-state index in [2.05, 4.69) is 22.9 Å². The molecular formula is C34H54FN6O3+. The fraction of sp³-hybridized carbons (Fsp3) is 0.735. The predicted molar refractivity (Wildman–Crippen MR) is 173 cm³/mol. The molecule has 4 atom stereocenters. The number of rotatable bonds is 7. The van der Waals surface area contributed by atoms with E-state index < -0.39 is 6.04 Å². The molecule has 4 aliphatic rings. The molecule has 244 valence electrons. The van der Waals surface area contributed by atoms with Gasteiger partial charge < -0.3 is 25.8 Å². The van der Waals surface area contributed by atoms with Crippen molar-refractivity contribution in [3.8, 4) is 0 Å². The molecule has 4 amide bonds. The molecule has 0 bridgehead atoms. The number of halogens is 1. The van der Waals surface area contributed by atoms with Crippen molar-refractivity contribution >= 4 is 29.2 Å². The number of carbonyl (C=O) groups excluding carboxylic acids is 3. The highest BCUT2D eigenvalue weighted by molar-refractivity contribution is 5.92. The van der Waals surface area contributed by atoms with Gasteiger partial charge in [0.05, 0.1) is 25.6 Å². The quantitative estimate of drug-likeness (QED) is 0.355. The number of piperidine rings is 2. The highest BCUT2D eigenvalue weighted by atomic mass is 19.1. The van der Waals surface area contributed by atoms with Gasteiger partial charge in [0, 0.05) is 25.7 Å². The number of carbonyl (C=O) groups is 3. The van der Waals surface area contributed by atoms with E-state index in [9.17, 15) is 14.4 Å². The number of hydrogen-bond donors (Lipinski definition) is 3. The smallest absolute Gasteiger partial charge is 0.318 e. The summed E-state index contributed by atoms with van der Waals surface area (Å²) >= 11 is 0. The molecule has 4 heterocycles. The van der Waals surface area contributed by atoms with Crippen LogP contribution in [0, 0.1) is 5.82 Å². The van der Waals surface area contributed by atoms with E-state index in [0.717, 1.165) is 89.4 Å². The Bertz CT molecular complexity index is 1150. The first kappa shape index (κ1) is 32.5. The number of amides is 4. The van der Waals surface area contributed by atoms with E-state index in [4.69, 9.17) is 0 Å². The molecule has 1 spiro atoms. The van der Waals surface area contributed by atoms with Crippen LogP contribution in [0.25, 0.3) is 0 Å². The molecule has 1 aromatic rings. The molecule has 0 aliphatic carbocycles. The van der Waals surface area contributed by atoms with Gasteiger partial charge in [-0.05, 0) is 89.7 Å². The highest BCUT2D eigenvalue weighted by Crippen LogP contribution is 2.45. The lowest BCUT2D eigenvalue weighted by atomic mass is 9.98. The Morgan fingerprint density at radius 1 is 0.932 bits per heavy atom. The molecule has 0 saturated carbocycles. The van der Waals surface area contributed by atoms with Crippen LogP contribution >= 0.6 is 0 Å². The highest BCUT2D eigenvalue weighted by Gasteiger charge is 2.51. The van der Waals surface area contributed by atoms with E-state index in [-0.39, 0.29) is 48.3 Å². The number of anilines is 1. The second-order valence-corrected chi connectivity index (χ2v) is 13.5. The van der Waals surface area contributed by atoms with Crippen LogP contribution in [0.3, 0.4) is 0 Å². The lowest BCUT2D eigenvalue weighted by Crippen LogP contribution is -2.66. The third-order valence-electron chi connectivity index (χ3n) is 10.5. The SMILES string of the molecule is CC[C@H]1CCCCN1C(=O)C[C@H](NC(=O)N1CCCCC1)C(=O)N[C@@H](C)C1Nc2cccc(F)c2[N+]12CCCCCCCC2. The fourth-order valence-corrected chi connectivity index (χ4v) is 8.16. The molecule has 1 aromatic carbocycles. The van der Waals surface area contributed by atoms with E-state index >= 15 is 4.39 Å². The first-order valence-corrected chi connectivity index (χ1v) is 17.4. The second-order valence-electron chi connectivity index (χ2n) is 13.5. The molecule has 0 aromatic heterocycles. The van der Waals surface area contributed by atoms with Crippen molar-refractivity contribution in [2.45, 2.75) is 128 Å². The first-order valence-electron chi connectivity index (χ1n) is 17.4. The number of fused-ring (bicyclic) bond motifs is 2. The van der Waals surface area contributed by atoms with Gasteiger partial charge in [-0.2, -0.15) is 0 Å². The molecule has 1 unspecified atom stereocenters. The van der Waals surface area contributed by atoms with Gasteiger partial charge in [0.2, 0.25) is 11.8 Å². The van der Waals surface area contributed by atoms with E-state index in [1.165, 1.54) is 12.8 Å². The van der Waals surface area contributed by atoms with Crippen LogP contribution in [0.2, 0.25) is 0 Å². The third kappa shape index (κ3) is 7.16. The van der Waals surface area contributed by atoms with Crippen LogP contribution in [0.1, 0.15) is 104 Å². The van der Waals surface area contributed by atoms with Crippen molar-refractivity contribution in [1.29, 1.82) is 0 Å². The minimum Gasteiger partial charge on any atom is -0.344 e. The Morgan fingerprint density at radius 3 is 2.30 bits per heavy atom. The molecule has 0 radical (unpaired) electrons. The summed E-state index contributed by atoms with van der Waals surface area (Å²) in [7, 11) is 0. The van der Waals surface area contributed by atoms with Gasteiger partial charge in [-0.15, -0.1) is 0 Å². The minimum atomic E-state index is -0.983. The van der Waals surface area contributed by atoms with Crippen LogP contribution in [0.5, 0.6) is 0 Å². The largest absolute Gasteiger partial charge is 0.344 e. The van der Waals surface area contributed by atoms with Gasteiger partial charge in [-0.3, -0.25) is 14.1 Å². The maximum absolute atomic E-state index is 15.5. The van der Waals surface area contributed by atoms with Crippen molar-refractivity contribution in [3.63, 3.8) is 0 Å². The molecular weight excluding hydrogens is 559 g/mol. The summed E-state index contributed by atoms with van der Waals surface area (Å²) in [6, 6.07) is 3.74. The molecule has 3 fully saturated rings. The van der Waals surface area contributed by atoms with Gasteiger partial charge in [-0.25, -0.2) is 9.18 Å². The Morgan fingerprint density at radius 2 is 1.59 bits per heavy atom. The van der Waals surface area contributed by atoms with Gasteiger partial charge in [0.25, 0.3) is 0 Å². The Balaban J connectivity index is 1.36. The van der Waals surface area contributed by atoms with Crippen LogP contribution in [0.4, 0.5) is 20.6 Å². The van der Waals surface area contributed by atoms with Gasteiger partial charge in [0.1, 0.15) is 11.7 Å². The third-order valence-corrected chi connectivity index (χ3v) is 10.5. The van der Waals surface area contributed by atoms with Crippen molar-refractivity contribution in [1.82, 2.24) is 24.9 Å². The topological polar surface area (TPSA) is 93.8 Å². The zero-order valence-corrected chi connectivity index (χ0v) is 26.9. The van der Waals surface area contributed by atoms with E-state index in [0.29, 0.717) is 29.8 Å². The van der Waals surface area contributed by atoms with Gasteiger partial charge in [0.15, 0.2) is 17.7 Å². The summed E-state index contributed by atoms with van der Waals surface area (Å²) in [6.07, 6.45) is 13.1. The summed E-state index contributed by atoms with van der Waals surface area (Å²) in [5.74, 6) is -0.651. The first-order chi connectivity index (χ1) is 21.3. The normalized spacial score (nSPS) is 25.1.